The first-order valence-electron chi connectivity index (χ1n) is 8.53. The standard InChI is InChI=1S/C20H15N5O2/c1-13-17-18(21-12-24(20(17)26)11-15-8-5-9-27-15)16-10-22-25(19(16)23-13)14-6-3-2-4-7-14/h2-10,12H,11H2,1H3. The number of nitrogens with zero attached hydrogens (tertiary/aromatic N) is 5. The molecule has 0 aliphatic rings. The number of fused-ring (bicyclic) bond motifs is 3. The van der Waals surface area contributed by atoms with Gasteiger partial charge in [-0.15, -0.1) is 0 Å². The predicted octanol–water partition coefficient (Wildman–Crippen LogP) is 3.08. The number of furan rings is 1. The second-order valence-corrected chi connectivity index (χ2v) is 6.31. The Labute approximate surface area is 153 Å². The first-order chi connectivity index (χ1) is 13.2. The summed E-state index contributed by atoms with van der Waals surface area (Å²) < 4.78 is 8.63. The molecule has 5 aromatic rings. The van der Waals surface area contributed by atoms with Gasteiger partial charge in [0.25, 0.3) is 5.56 Å². The maximum atomic E-state index is 13.0. The molecule has 0 radical (unpaired) electrons. The largest absolute Gasteiger partial charge is 0.467 e. The number of aryl methyl sites for hydroxylation is 1. The quantitative estimate of drug-likeness (QED) is 0.496. The van der Waals surface area contributed by atoms with Crippen molar-refractivity contribution in [2.24, 2.45) is 0 Å². The Morgan fingerprint density at radius 1 is 1.11 bits per heavy atom. The molecule has 132 valence electrons. The van der Waals surface area contributed by atoms with Crippen molar-refractivity contribution in [2.75, 3.05) is 0 Å². The molecule has 0 N–H and O–H groups in total. The highest BCUT2D eigenvalue weighted by atomic mass is 16.3. The van der Waals surface area contributed by atoms with Crippen LogP contribution in [0.4, 0.5) is 0 Å². The summed E-state index contributed by atoms with van der Waals surface area (Å²) in [7, 11) is 0. The van der Waals surface area contributed by atoms with Gasteiger partial charge < -0.3 is 4.42 Å². The molecule has 0 bridgehead atoms. The number of hydrogen-bond donors (Lipinski definition) is 0. The molecular weight excluding hydrogens is 342 g/mol. The van der Waals surface area contributed by atoms with Gasteiger partial charge >= 0.3 is 0 Å². The highest BCUT2D eigenvalue weighted by Crippen LogP contribution is 2.24. The van der Waals surface area contributed by atoms with Crippen molar-refractivity contribution in [2.45, 2.75) is 13.5 Å². The lowest BCUT2D eigenvalue weighted by atomic mass is 10.2. The van der Waals surface area contributed by atoms with Gasteiger partial charge in [-0.25, -0.2) is 14.6 Å². The maximum absolute atomic E-state index is 13.0. The molecule has 7 heteroatoms. The van der Waals surface area contributed by atoms with Crippen LogP contribution in [0.5, 0.6) is 0 Å². The van der Waals surface area contributed by atoms with E-state index in [0.717, 1.165) is 11.1 Å². The van der Waals surface area contributed by atoms with E-state index in [9.17, 15) is 4.79 Å². The van der Waals surface area contributed by atoms with Crippen LogP contribution in [-0.2, 0) is 6.54 Å². The summed E-state index contributed by atoms with van der Waals surface area (Å²) in [5.41, 5.74) is 2.68. The maximum Gasteiger partial charge on any atom is 0.263 e. The van der Waals surface area contributed by atoms with Crippen LogP contribution in [0.25, 0.3) is 27.6 Å². The van der Waals surface area contributed by atoms with Gasteiger partial charge in [0, 0.05) is 0 Å². The van der Waals surface area contributed by atoms with E-state index in [1.165, 1.54) is 4.57 Å². The van der Waals surface area contributed by atoms with Crippen LogP contribution in [0.15, 0.2) is 70.5 Å². The smallest absolute Gasteiger partial charge is 0.263 e. The average molecular weight is 357 g/mol. The molecule has 0 aliphatic carbocycles. The highest BCUT2D eigenvalue weighted by Gasteiger charge is 2.16. The SMILES string of the molecule is Cc1nc2c(cnn2-c2ccccc2)c2ncn(Cc3ccco3)c(=O)c12. The molecule has 4 heterocycles. The fourth-order valence-corrected chi connectivity index (χ4v) is 3.29. The van der Waals surface area contributed by atoms with E-state index in [2.05, 4.69) is 15.1 Å². The Kier molecular flexibility index (Phi) is 3.39. The highest BCUT2D eigenvalue weighted by molar-refractivity contribution is 6.02. The van der Waals surface area contributed by atoms with Crippen molar-refractivity contribution in [3.8, 4) is 5.69 Å². The van der Waals surface area contributed by atoms with Crippen LogP contribution < -0.4 is 5.56 Å². The average Bonchev–Trinajstić information content (AvgIpc) is 3.34. The lowest BCUT2D eigenvalue weighted by molar-refractivity contribution is 0.489. The van der Waals surface area contributed by atoms with E-state index in [1.54, 1.807) is 29.5 Å². The summed E-state index contributed by atoms with van der Waals surface area (Å²) in [5.74, 6) is 0.696. The van der Waals surface area contributed by atoms with E-state index in [4.69, 9.17) is 4.42 Å². The zero-order valence-electron chi connectivity index (χ0n) is 14.5. The van der Waals surface area contributed by atoms with Crippen molar-refractivity contribution < 1.29 is 4.42 Å². The van der Waals surface area contributed by atoms with E-state index in [1.807, 2.05) is 43.3 Å². The number of aromatic nitrogens is 5. The van der Waals surface area contributed by atoms with E-state index in [0.29, 0.717) is 34.5 Å². The topological polar surface area (TPSA) is 78.7 Å². The molecule has 1 aromatic carbocycles. The first kappa shape index (κ1) is 15.5. The summed E-state index contributed by atoms with van der Waals surface area (Å²) in [6.07, 6.45) is 4.84. The van der Waals surface area contributed by atoms with Gasteiger partial charge in [-0.2, -0.15) is 5.10 Å². The van der Waals surface area contributed by atoms with Crippen molar-refractivity contribution in [3.05, 3.63) is 83.1 Å². The third-order valence-electron chi connectivity index (χ3n) is 4.58. The van der Waals surface area contributed by atoms with Crippen LogP contribution in [-0.4, -0.2) is 24.3 Å². The second kappa shape index (κ2) is 5.91. The fourth-order valence-electron chi connectivity index (χ4n) is 3.29. The molecule has 0 atom stereocenters. The van der Waals surface area contributed by atoms with Crippen LogP contribution in [0.2, 0.25) is 0 Å². The molecule has 7 nitrogen and oxygen atoms in total. The van der Waals surface area contributed by atoms with Gasteiger partial charge in [0.1, 0.15) is 5.76 Å². The number of para-hydroxylation sites is 1. The van der Waals surface area contributed by atoms with Gasteiger partial charge in [0.05, 0.1) is 53.0 Å². The zero-order valence-corrected chi connectivity index (χ0v) is 14.5. The molecule has 0 saturated heterocycles. The first-order valence-corrected chi connectivity index (χ1v) is 8.53. The van der Waals surface area contributed by atoms with Crippen molar-refractivity contribution >= 4 is 21.9 Å². The summed E-state index contributed by atoms with van der Waals surface area (Å²) >= 11 is 0. The van der Waals surface area contributed by atoms with E-state index < -0.39 is 0 Å². The molecule has 0 fully saturated rings. The van der Waals surface area contributed by atoms with Gasteiger partial charge in [-0.1, -0.05) is 18.2 Å². The summed E-state index contributed by atoms with van der Waals surface area (Å²) in [6.45, 7) is 2.15. The van der Waals surface area contributed by atoms with Crippen molar-refractivity contribution in [1.82, 2.24) is 24.3 Å². The Hall–Kier alpha value is -3.74. The number of benzene rings is 1. The van der Waals surface area contributed by atoms with Gasteiger partial charge in [-0.3, -0.25) is 9.36 Å². The Bertz CT molecular complexity index is 1320. The monoisotopic (exact) mass is 357 g/mol. The van der Waals surface area contributed by atoms with Crippen LogP contribution >= 0.6 is 0 Å². The van der Waals surface area contributed by atoms with E-state index in [-0.39, 0.29) is 5.56 Å². The predicted molar refractivity (Wildman–Crippen MR) is 101 cm³/mol. The normalized spacial score (nSPS) is 11.4. The minimum absolute atomic E-state index is 0.143. The third-order valence-corrected chi connectivity index (χ3v) is 4.58. The molecule has 0 unspecified atom stereocenters. The van der Waals surface area contributed by atoms with Gasteiger partial charge in [0.2, 0.25) is 0 Å². The molecule has 4 aromatic heterocycles. The molecule has 27 heavy (non-hydrogen) atoms. The number of hydrogen-bond acceptors (Lipinski definition) is 5. The Morgan fingerprint density at radius 3 is 2.74 bits per heavy atom. The minimum Gasteiger partial charge on any atom is -0.467 e. The third kappa shape index (κ3) is 2.43. The van der Waals surface area contributed by atoms with Crippen LogP contribution in [0.1, 0.15) is 11.5 Å². The number of rotatable bonds is 3. The molecule has 0 spiro atoms. The summed E-state index contributed by atoms with van der Waals surface area (Å²) in [5, 5.41) is 5.72. The van der Waals surface area contributed by atoms with Crippen LogP contribution in [0, 0.1) is 6.92 Å². The molecule has 0 saturated carbocycles. The lowest BCUT2D eigenvalue weighted by Gasteiger charge is -2.08. The molecule has 5 rings (SSSR count). The summed E-state index contributed by atoms with van der Waals surface area (Å²) in [6, 6.07) is 13.4. The molecular formula is C20H15N5O2. The van der Waals surface area contributed by atoms with Crippen LogP contribution in [0.3, 0.4) is 0 Å². The van der Waals surface area contributed by atoms with Crippen molar-refractivity contribution in [3.63, 3.8) is 0 Å². The van der Waals surface area contributed by atoms with Crippen molar-refractivity contribution in [1.29, 1.82) is 0 Å². The van der Waals surface area contributed by atoms with Gasteiger partial charge in [-0.05, 0) is 31.2 Å². The molecule has 0 amide bonds. The number of pyridine rings is 1. The fraction of sp³-hybridized carbons (Fsp3) is 0.100. The zero-order chi connectivity index (χ0) is 18.4. The summed E-state index contributed by atoms with van der Waals surface area (Å²) in [4.78, 5) is 22.2. The minimum atomic E-state index is -0.143. The Morgan fingerprint density at radius 2 is 1.96 bits per heavy atom. The van der Waals surface area contributed by atoms with E-state index >= 15 is 0 Å². The van der Waals surface area contributed by atoms with Gasteiger partial charge in [0.15, 0.2) is 5.65 Å². The Balaban J connectivity index is 1.74. The second-order valence-electron chi connectivity index (χ2n) is 6.31. The lowest BCUT2D eigenvalue weighted by Crippen LogP contribution is -2.22. The molecule has 0 aliphatic heterocycles.